The third-order valence-electron chi connectivity index (χ3n) is 4.67. The molecule has 0 bridgehead atoms. The van der Waals surface area contributed by atoms with Crippen LogP contribution in [-0.4, -0.2) is 13.0 Å². The Kier molecular flexibility index (Phi) is 12.7. The number of benzene rings is 2. The maximum Gasteiger partial charge on any atom is 1.00 e. The summed E-state index contributed by atoms with van der Waals surface area (Å²) in [6.07, 6.45) is 11.3. The van der Waals surface area contributed by atoms with Crippen LogP contribution >= 0.6 is 0 Å². The van der Waals surface area contributed by atoms with Crippen molar-refractivity contribution in [3.05, 3.63) is 48.0 Å². The van der Waals surface area contributed by atoms with Crippen LogP contribution in [0.3, 0.4) is 0 Å². The van der Waals surface area contributed by atoms with Gasteiger partial charge in [-0.3, -0.25) is 4.55 Å². The van der Waals surface area contributed by atoms with Gasteiger partial charge < -0.3 is 9.84 Å². The van der Waals surface area contributed by atoms with E-state index in [9.17, 15) is 13.5 Å². The smallest absolute Gasteiger partial charge is 0.872 e. The van der Waals surface area contributed by atoms with Crippen LogP contribution in [0.15, 0.2) is 47.4 Å². The Morgan fingerprint density at radius 3 is 2.00 bits per heavy atom. The normalized spacial score (nSPS) is 11.1. The number of aryl methyl sites for hydroxylation is 1. The minimum absolute atomic E-state index is 0. The van der Waals surface area contributed by atoms with Crippen LogP contribution in [0.25, 0.3) is 0 Å². The fraction of sp³-hybridized carbons (Fsp3) is 0.455. The van der Waals surface area contributed by atoms with Gasteiger partial charge in [-0.05, 0) is 36.6 Å². The van der Waals surface area contributed by atoms with Crippen molar-refractivity contribution in [1.29, 1.82) is 0 Å². The molecule has 2 aromatic rings. The molecule has 0 aliphatic rings. The molecule has 0 saturated carbocycles. The summed E-state index contributed by atoms with van der Waals surface area (Å²) in [7, 11) is -4.57. The van der Waals surface area contributed by atoms with Gasteiger partial charge in [-0.15, -0.1) is 0 Å². The van der Waals surface area contributed by atoms with E-state index in [4.69, 9.17) is 9.29 Å². The molecule has 2 aromatic carbocycles. The molecule has 7 heteroatoms. The van der Waals surface area contributed by atoms with Crippen molar-refractivity contribution in [2.45, 2.75) is 69.6 Å². The van der Waals surface area contributed by atoms with Gasteiger partial charge in [0, 0.05) is 6.07 Å². The van der Waals surface area contributed by atoms with Crippen LogP contribution in [0, 0.1) is 0 Å². The van der Waals surface area contributed by atoms with E-state index < -0.39 is 20.8 Å². The average Bonchev–Trinajstić information content (AvgIpc) is 2.66. The van der Waals surface area contributed by atoms with E-state index in [-0.39, 0.29) is 57.1 Å². The van der Waals surface area contributed by atoms with Gasteiger partial charge in [-0.2, -0.15) is 8.42 Å². The predicted octanol–water partition coefficient (Wildman–Crippen LogP) is 2.49. The Balaban J connectivity index is 0.00000420. The molecule has 0 aliphatic heterocycles. The minimum atomic E-state index is -4.57. The molecule has 0 amide bonds. The molecule has 0 heterocycles. The minimum Gasteiger partial charge on any atom is -0.872 e. The van der Waals surface area contributed by atoms with Crippen LogP contribution in [-0.2, 0) is 16.5 Å². The summed E-state index contributed by atoms with van der Waals surface area (Å²) in [6.45, 7) is 2.23. The molecule has 0 saturated heterocycles. The molecule has 0 unspecified atom stereocenters. The molecule has 0 fully saturated rings. The zero-order valence-electron chi connectivity index (χ0n) is 17.4. The third-order valence-corrected chi connectivity index (χ3v) is 5.55. The maximum absolute atomic E-state index is 11.5. The first-order valence-corrected chi connectivity index (χ1v) is 11.4. The first-order chi connectivity index (χ1) is 13.4. The Hall–Kier alpha value is -0.414. The van der Waals surface area contributed by atoms with Crippen molar-refractivity contribution in [1.82, 2.24) is 0 Å². The van der Waals surface area contributed by atoms with Crippen LogP contribution in [0.2, 0.25) is 0 Å². The molecular formula is C22H29KO5S. The molecule has 0 atom stereocenters. The first kappa shape index (κ1) is 26.6. The summed E-state index contributed by atoms with van der Waals surface area (Å²) in [5.41, 5.74) is 1.23. The van der Waals surface area contributed by atoms with E-state index in [1.165, 1.54) is 56.6 Å². The molecule has 0 aliphatic carbocycles. The zero-order chi connectivity index (χ0) is 20.4. The quantitative estimate of drug-likeness (QED) is 0.309. The second-order valence-corrected chi connectivity index (χ2v) is 8.44. The van der Waals surface area contributed by atoms with E-state index in [0.717, 1.165) is 25.0 Å². The second-order valence-electron chi connectivity index (χ2n) is 7.05. The van der Waals surface area contributed by atoms with E-state index in [2.05, 4.69) is 6.92 Å². The molecule has 0 radical (unpaired) electrons. The van der Waals surface area contributed by atoms with Crippen molar-refractivity contribution in [2.75, 3.05) is 0 Å². The first-order valence-electron chi connectivity index (χ1n) is 9.95. The summed E-state index contributed by atoms with van der Waals surface area (Å²) >= 11 is 0. The fourth-order valence-corrected chi connectivity index (χ4v) is 3.66. The van der Waals surface area contributed by atoms with Crippen LogP contribution in [0.5, 0.6) is 17.2 Å². The maximum atomic E-state index is 11.5. The van der Waals surface area contributed by atoms with Gasteiger partial charge in [-0.25, -0.2) is 0 Å². The molecule has 0 aromatic heterocycles. The number of hydrogen-bond acceptors (Lipinski definition) is 4. The van der Waals surface area contributed by atoms with Crippen molar-refractivity contribution in [3.63, 3.8) is 0 Å². The second kappa shape index (κ2) is 13.8. The number of ether oxygens (including phenoxy) is 1. The predicted molar refractivity (Wildman–Crippen MR) is 109 cm³/mol. The summed E-state index contributed by atoms with van der Waals surface area (Å²) < 4.78 is 37.1. The van der Waals surface area contributed by atoms with Gasteiger partial charge in [0.15, 0.2) is 0 Å². The third kappa shape index (κ3) is 9.96. The number of hydrogen-bond donors (Lipinski definition) is 1. The monoisotopic (exact) mass is 444 g/mol. The average molecular weight is 445 g/mol. The van der Waals surface area contributed by atoms with Crippen molar-refractivity contribution in [2.24, 2.45) is 0 Å². The Labute approximate surface area is 217 Å². The van der Waals surface area contributed by atoms with Crippen molar-refractivity contribution >= 4 is 10.1 Å². The van der Waals surface area contributed by atoms with Gasteiger partial charge in [0.25, 0.3) is 10.1 Å². The van der Waals surface area contributed by atoms with E-state index in [1.807, 2.05) is 24.3 Å². The molecule has 1 N–H and O–H groups in total. The van der Waals surface area contributed by atoms with Crippen LogP contribution < -0.4 is 61.2 Å². The molecule has 2 rings (SSSR count). The number of rotatable bonds is 12. The SMILES string of the molecule is CCCCCCCCCCc1ccc(Oc2ccc([O-])c(S(=O)(=O)O)c2)cc1.[K+]. The van der Waals surface area contributed by atoms with E-state index in [1.54, 1.807) is 0 Å². The summed E-state index contributed by atoms with van der Waals surface area (Å²) in [5, 5.41) is 11.5. The van der Waals surface area contributed by atoms with Gasteiger partial charge in [0.2, 0.25) is 0 Å². The van der Waals surface area contributed by atoms with Gasteiger partial charge in [0.1, 0.15) is 11.5 Å². The van der Waals surface area contributed by atoms with Gasteiger partial charge >= 0.3 is 51.4 Å². The van der Waals surface area contributed by atoms with Crippen molar-refractivity contribution in [3.8, 4) is 17.2 Å². The molecule has 154 valence electrons. The number of unbranched alkanes of at least 4 members (excludes halogenated alkanes) is 7. The van der Waals surface area contributed by atoms with Crippen molar-refractivity contribution < 1.29 is 74.2 Å². The van der Waals surface area contributed by atoms with Crippen LogP contribution in [0.1, 0.15) is 63.9 Å². The summed E-state index contributed by atoms with van der Waals surface area (Å²) in [6, 6.07) is 11.1. The standard InChI is InChI=1S/C22H30O5S.K/c1-2-3-4-5-6-7-8-9-10-18-11-13-19(14-12-18)27-20-15-16-21(23)22(17-20)28(24,25)26;/h11-17,23H,2-10H2,1H3,(H,24,25,26);/q;+1/p-1. The molecule has 29 heavy (non-hydrogen) atoms. The Bertz CT molecular complexity index is 835. The molecule has 0 spiro atoms. The van der Waals surface area contributed by atoms with E-state index in [0.29, 0.717) is 5.75 Å². The largest absolute Gasteiger partial charge is 1.00 e. The van der Waals surface area contributed by atoms with Gasteiger partial charge in [0.05, 0.1) is 4.90 Å². The molecular weight excluding hydrogens is 415 g/mol. The Morgan fingerprint density at radius 1 is 0.862 bits per heavy atom. The summed E-state index contributed by atoms with van der Waals surface area (Å²) in [5.74, 6) is -0.0433. The molecule has 5 nitrogen and oxygen atoms in total. The van der Waals surface area contributed by atoms with E-state index >= 15 is 0 Å². The summed E-state index contributed by atoms with van der Waals surface area (Å²) in [4.78, 5) is -0.684. The Morgan fingerprint density at radius 2 is 1.41 bits per heavy atom. The van der Waals surface area contributed by atoms with Crippen LogP contribution in [0.4, 0.5) is 0 Å². The fourth-order valence-electron chi connectivity index (χ4n) is 3.08. The zero-order valence-corrected chi connectivity index (χ0v) is 21.3. The topological polar surface area (TPSA) is 86.7 Å². The van der Waals surface area contributed by atoms with Gasteiger partial charge in [-0.1, -0.05) is 75.8 Å².